The number of fused-ring (bicyclic) bond motifs is 3. The summed E-state index contributed by atoms with van der Waals surface area (Å²) >= 11 is 0. The Kier molecular flexibility index (Phi) is 4.52. The highest BCUT2D eigenvalue weighted by Gasteiger charge is 2.27. The fraction of sp³-hybridized carbons (Fsp3) is 0.200. The van der Waals surface area contributed by atoms with Gasteiger partial charge >= 0.3 is 13.0 Å². The Bertz CT molecular complexity index is 915. The number of rotatable bonds is 1. The molecule has 0 aliphatic heterocycles. The molecule has 0 unspecified atom stereocenters. The van der Waals surface area contributed by atoms with Crippen LogP contribution in [0.25, 0.3) is 17.4 Å². The van der Waals surface area contributed by atoms with Crippen LogP contribution in [0.2, 0.25) is 0 Å². The van der Waals surface area contributed by atoms with E-state index in [1.807, 2.05) is 23.8 Å². The van der Waals surface area contributed by atoms with Gasteiger partial charge in [-0.05, 0) is 30.1 Å². The fourth-order valence-electron chi connectivity index (χ4n) is 2.74. The molecule has 1 aliphatic carbocycles. The van der Waals surface area contributed by atoms with Crippen molar-refractivity contribution in [2.24, 2.45) is 7.05 Å². The molecule has 2 heterocycles. The summed E-state index contributed by atoms with van der Waals surface area (Å²) in [5, 5.41) is 8.26. The van der Waals surface area contributed by atoms with E-state index in [1.54, 1.807) is 4.68 Å². The fourth-order valence-corrected chi connectivity index (χ4v) is 2.74. The predicted molar refractivity (Wildman–Crippen MR) is 84.8 cm³/mol. The minimum atomic E-state index is -6.00. The standard InChI is InChI=1S/C15H14N5.BF4/c1-19-15-16-10-13-8-7-12(14(13)20(15)18-17-19)9-11-5-3-2-4-6-11;2-1(3,4)5/h2-6,9-10H,7-8H2,1H3;/q+1;-1/b12-9+;. The average molecular weight is 351 g/mol. The van der Waals surface area contributed by atoms with Crippen LogP contribution in [0.5, 0.6) is 0 Å². The van der Waals surface area contributed by atoms with Crippen LogP contribution in [-0.4, -0.2) is 27.2 Å². The molecule has 0 fully saturated rings. The van der Waals surface area contributed by atoms with Gasteiger partial charge in [0.1, 0.15) is 10.9 Å². The SMILES string of the molecule is C[n+]1nnn2c3c(cnc21)CC/C3=C\c1ccccc1.F[B-](F)(F)F. The Morgan fingerprint density at radius 2 is 1.80 bits per heavy atom. The number of aromatic nitrogens is 5. The van der Waals surface area contributed by atoms with Crippen LogP contribution in [0.3, 0.4) is 0 Å². The van der Waals surface area contributed by atoms with Gasteiger partial charge in [0.15, 0.2) is 0 Å². The number of hydrogen-bond acceptors (Lipinski definition) is 3. The van der Waals surface area contributed by atoms with Crippen LogP contribution in [0, 0.1) is 0 Å². The van der Waals surface area contributed by atoms with Gasteiger partial charge in [0.05, 0.1) is 18.5 Å². The third kappa shape index (κ3) is 4.01. The Morgan fingerprint density at radius 3 is 2.48 bits per heavy atom. The summed E-state index contributed by atoms with van der Waals surface area (Å²) in [5.74, 6) is 0.768. The number of allylic oxidation sites excluding steroid dienone is 1. The van der Waals surface area contributed by atoms with E-state index in [4.69, 9.17) is 0 Å². The Morgan fingerprint density at radius 1 is 1.12 bits per heavy atom. The summed E-state index contributed by atoms with van der Waals surface area (Å²) in [6, 6.07) is 10.4. The lowest BCUT2D eigenvalue weighted by molar-refractivity contribution is -0.709. The second kappa shape index (κ2) is 6.62. The first-order valence-electron chi connectivity index (χ1n) is 7.56. The summed E-state index contributed by atoms with van der Waals surface area (Å²) in [5.41, 5.74) is 4.89. The molecule has 4 rings (SSSR count). The first-order chi connectivity index (χ1) is 11.8. The summed E-state index contributed by atoms with van der Waals surface area (Å²) in [4.78, 5) is 4.43. The minimum Gasteiger partial charge on any atom is -0.418 e. The van der Waals surface area contributed by atoms with Crippen molar-refractivity contribution in [1.29, 1.82) is 0 Å². The first kappa shape index (κ1) is 17.1. The number of benzene rings is 1. The minimum absolute atomic E-state index is 0.768. The lowest BCUT2D eigenvalue weighted by Gasteiger charge is -1.99. The van der Waals surface area contributed by atoms with E-state index in [1.165, 1.54) is 16.7 Å². The number of tetrazole rings is 1. The molecule has 0 spiro atoms. The molecular formula is C15H14BF4N5. The van der Waals surface area contributed by atoms with Crippen molar-refractivity contribution in [2.45, 2.75) is 12.8 Å². The van der Waals surface area contributed by atoms with Crippen molar-refractivity contribution in [1.82, 2.24) is 19.9 Å². The van der Waals surface area contributed by atoms with Crippen molar-refractivity contribution < 1.29 is 21.9 Å². The molecule has 0 bridgehead atoms. The van der Waals surface area contributed by atoms with Crippen molar-refractivity contribution in [3.05, 3.63) is 53.3 Å². The molecule has 2 aromatic heterocycles. The van der Waals surface area contributed by atoms with E-state index in [0.29, 0.717) is 0 Å². The number of nitrogens with zero attached hydrogens (tertiary/aromatic N) is 5. The largest absolute Gasteiger partial charge is 0.673 e. The number of halogens is 4. The maximum atomic E-state index is 9.75. The Balaban J connectivity index is 0.000000324. The van der Waals surface area contributed by atoms with Crippen molar-refractivity contribution >= 4 is 24.7 Å². The quantitative estimate of drug-likeness (QED) is 0.385. The van der Waals surface area contributed by atoms with Crippen LogP contribution in [-0.2, 0) is 13.5 Å². The van der Waals surface area contributed by atoms with Gasteiger partial charge in [-0.25, -0.2) is 0 Å². The van der Waals surface area contributed by atoms with E-state index >= 15 is 0 Å². The monoisotopic (exact) mass is 351 g/mol. The van der Waals surface area contributed by atoms with Crippen LogP contribution in [0.4, 0.5) is 17.3 Å². The van der Waals surface area contributed by atoms with Gasteiger partial charge in [-0.2, -0.15) is 0 Å². The van der Waals surface area contributed by atoms with Gasteiger partial charge in [0.25, 0.3) is 0 Å². The van der Waals surface area contributed by atoms with Crippen LogP contribution in [0.1, 0.15) is 23.2 Å². The van der Waals surface area contributed by atoms with Crippen LogP contribution < -0.4 is 4.68 Å². The van der Waals surface area contributed by atoms with Crippen molar-refractivity contribution in [3.8, 4) is 0 Å². The summed E-state index contributed by atoms with van der Waals surface area (Å²) < 4.78 is 42.5. The Hall–Kier alpha value is -2.78. The van der Waals surface area contributed by atoms with Gasteiger partial charge in [-0.15, -0.1) is 9.67 Å². The van der Waals surface area contributed by atoms with Crippen LogP contribution >= 0.6 is 0 Å². The maximum Gasteiger partial charge on any atom is 0.673 e. The van der Waals surface area contributed by atoms with Crippen molar-refractivity contribution in [2.75, 3.05) is 0 Å². The second-order valence-electron chi connectivity index (χ2n) is 5.52. The lowest BCUT2D eigenvalue weighted by atomic mass is 10.1. The van der Waals surface area contributed by atoms with Gasteiger partial charge in [-0.1, -0.05) is 34.8 Å². The lowest BCUT2D eigenvalue weighted by Crippen LogP contribution is -2.31. The number of hydrogen-bond donors (Lipinski definition) is 0. The zero-order valence-electron chi connectivity index (χ0n) is 13.3. The smallest absolute Gasteiger partial charge is 0.418 e. The second-order valence-corrected chi connectivity index (χ2v) is 5.52. The normalized spacial score (nSPS) is 15.2. The topological polar surface area (TPSA) is 47.0 Å². The third-order valence-corrected chi connectivity index (χ3v) is 3.70. The highest BCUT2D eigenvalue weighted by atomic mass is 19.5. The molecule has 0 saturated heterocycles. The zero-order valence-corrected chi connectivity index (χ0v) is 13.3. The summed E-state index contributed by atoms with van der Waals surface area (Å²) in [6.45, 7) is 0. The molecular weight excluding hydrogens is 337 g/mol. The molecule has 1 aromatic carbocycles. The third-order valence-electron chi connectivity index (χ3n) is 3.70. The molecule has 10 heteroatoms. The van der Waals surface area contributed by atoms with E-state index in [2.05, 4.69) is 45.8 Å². The van der Waals surface area contributed by atoms with Gasteiger partial charge in [-0.3, -0.25) is 0 Å². The molecule has 3 aromatic rings. The first-order valence-corrected chi connectivity index (χ1v) is 7.56. The van der Waals surface area contributed by atoms with Crippen molar-refractivity contribution in [3.63, 3.8) is 0 Å². The molecule has 0 radical (unpaired) electrons. The molecule has 0 atom stereocenters. The molecule has 0 saturated carbocycles. The highest BCUT2D eigenvalue weighted by Crippen LogP contribution is 2.32. The van der Waals surface area contributed by atoms with Gasteiger partial charge in [0, 0.05) is 5.56 Å². The van der Waals surface area contributed by atoms with E-state index < -0.39 is 7.25 Å². The van der Waals surface area contributed by atoms with Gasteiger partial charge in [0.2, 0.25) is 0 Å². The molecule has 130 valence electrons. The zero-order chi connectivity index (χ0) is 18.0. The summed E-state index contributed by atoms with van der Waals surface area (Å²) in [7, 11) is -4.14. The van der Waals surface area contributed by atoms with Crippen LogP contribution in [0.15, 0.2) is 36.5 Å². The van der Waals surface area contributed by atoms with E-state index in [-0.39, 0.29) is 0 Å². The average Bonchev–Trinajstić information content (AvgIpc) is 3.11. The summed E-state index contributed by atoms with van der Waals surface area (Å²) in [6.07, 6.45) is 6.21. The highest BCUT2D eigenvalue weighted by molar-refractivity contribution is 6.50. The molecule has 1 aliphatic rings. The van der Waals surface area contributed by atoms with Gasteiger partial charge < -0.3 is 17.3 Å². The number of aryl methyl sites for hydroxylation is 2. The molecule has 25 heavy (non-hydrogen) atoms. The maximum absolute atomic E-state index is 9.75. The Labute approximate surface area is 140 Å². The molecule has 5 nitrogen and oxygen atoms in total. The molecule has 0 N–H and O–H groups in total. The molecule has 0 amide bonds. The van der Waals surface area contributed by atoms with E-state index in [9.17, 15) is 17.3 Å². The predicted octanol–water partition coefficient (Wildman–Crippen LogP) is 2.74. The van der Waals surface area contributed by atoms with E-state index in [0.717, 1.165) is 24.3 Å².